The molecule has 1 aromatic heterocycles. The average molecular weight is 285 g/mol. The van der Waals surface area contributed by atoms with Crippen molar-refractivity contribution in [3.8, 4) is 11.4 Å². The molecular formula is C15H19N5O. The zero-order chi connectivity index (χ0) is 15.1. The van der Waals surface area contributed by atoms with Crippen LogP contribution in [0.15, 0.2) is 52.9 Å². The second-order valence-corrected chi connectivity index (χ2v) is 4.46. The molecule has 0 amide bonds. The maximum absolute atomic E-state index is 5.41. The zero-order valence-electron chi connectivity index (χ0n) is 11.9. The van der Waals surface area contributed by atoms with E-state index in [1.807, 2.05) is 41.1 Å². The summed E-state index contributed by atoms with van der Waals surface area (Å²) in [6.45, 7) is 0. The molecule has 0 aliphatic rings. The second-order valence-electron chi connectivity index (χ2n) is 4.46. The maximum atomic E-state index is 5.41. The van der Waals surface area contributed by atoms with Crippen molar-refractivity contribution in [3.63, 3.8) is 0 Å². The van der Waals surface area contributed by atoms with Crippen molar-refractivity contribution in [2.24, 2.45) is 21.7 Å². The van der Waals surface area contributed by atoms with Crippen LogP contribution in [0, 0.1) is 0 Å². The molecule has 0 fully saturated rings. The molecule has 0 saturated carbocycles. The number of aromatic nitrogens is 1. The lowest BCUT2D eigenvalue weighted by atomic mass is 10.2. The number of methoxy groups -OCH3 is 1. The minimum atomic E-state index is -0.0425. The molecule has 0 spiro atoms. The van der Waals surface area contributed by atoms with E-state index in [0.717, 1.165) is 29.8 Å². The van der Waals surface area contributed by atoms with Gasteiger partial charge in [-0.15, -0.1) is 5.10 Å². The van der Waals surface area contributed by atoms with Gasteiger partial charge in [-0.25, -0.2) is 0 Å². The van der Waals surface area contributed by atoms with E-state index in [1.165, 1.54) is 0 Å². The summed E-state index contributed by atoms with van der Waals surface area (Å²) >= 11 is 0. The number of ether oxygens (including phenoxy) is 1. The SMILES string of the molecule is COc1cn(-c2ccccc2)cc1CC/C=N/N=C(N)N. The summed E-state index contributed by atoms with van der Waals surface area (Å²) in [5.74, 6) is 0.813. The number of guanidine groups is 1. The fraction of sp³-hybridized carbons (Fsp3) is 0.200. The fourth-order valence-corrected chi connectivity index (χ4v) is 1.98. The minimum Gasteiger partial charge on any atom is -0.495 e. The van der Waals surface area contributed by atoms with Gasteiger partial charge < -0.3 is 20.8 Å². The number of rotatable bonds is 6. The monoisotopic (exact) mass is 285 g/mol. The standard InChI is InChI=1S/C15H19N5O/c1-21-14-11-20(13-7-3-2-4-8-13)10-12(14)6-5-9-18-19-15(16)17/h2-4,7-11H,5-6H2,1H3,(H4,16,17,19)/b18-9+. The van der Waals surface area contributed by atoms with Crippen molar-refractivity contribution in [3.05, 3.63) is 48.3 Å². The average Bonchev–Trinajstić information content (AvgIpc) is 2.91. The lowest BCUT2D eigenvalue weighted by Crippen LogP contribution is -2.21. The predicted molar refractivity (Wildman–Crippen MR) is 84.9 cm³/mol. The molecular weight excluding hydrogens is 266 g/mol. The Balaban J connectivity index is 2.08. The Kier molecular flexibility index (Phi) is 4.98. The van der Waals surface area contributed by atoms with Crippen molar-refractivity contribution in [2.75, 3.05) is 7.11 Å². The molecule has 2 rings (SSSR count). The second kappa shape index (κ2) is 7.14. The fourth-order valence-electron chi connectivity index (χ4n) is 1.98. The molecule has 0 saturated heterocycles. The lowest BCUT2D eigenvalue weighted by Gasteiger charge is -2.00. The van der Waals surface area contributed by atoms with Gasteiger partial charge in [0.05, 0.1) is 13.3 Å². The van der Waals surface area contributed by atoms with Gasteiger partial charge in [-0.2, -0.15) is 5.10 Å². The van der Waals surface area contributed by atoms with Crippen LogP contribution in [0.3, 0.4) is 0 Å². The topological polar surface area (TPSA) is 90.9 Å². The third kappa shape index (κ3) is 4.10. The summed E-state index contributed by atoms with van der Waals surface area (Å²) in [5.41, 5.74) is 12.6. The lowest BCUT2D eigenvalue weighted by molar-refractivity contribution is 0.410. The van der Waals surface area contributed by atoms with E-state index in [1.54, 1.807) is 13.3 Å². The molecule has 1 heterocycles. The van der Waals surface area contributed by atoms with E-state index < -0.39 is 0 Å². The van der Waals surface area contributed by atoms with Gasteiger partial charge >= 0.3 is 0 Å². The van der Waals surface area contributed by atoms with Gasteiger partial charge in [0.25, 0.3) is 0 Å². The highest BCUT2D eigenvalue weighted by atomic mass is 16.5. The van der Waals surface area contributed by atoms with Crippen molar-refractivity contribution in [1.29, 1.82) is 0 Å². The van der Waals surface area contributed by atoms with Crippen LogP contribution in [0.4, 0.5) is 0 Å². The molecule has 0 bridgehead atoms. The molecule has 6 heteroatoms. The Bertz CT molecular complexity index is 627. The Morgan fingerprint density at radius 3 is 2.67 bits per heavy atom. The first-order chi connectivity index (χ1) is 10.2. The summed E-state index contributed by atoms with van der Waals surface area (Å²) in [6, 6.07) is 10.1. The van der Waals surface area contributed by atoms with Crippen LogP contribution in [0.25, 0.3) is 5.69 Å². The summed E-state index contributed by atoms with van der Waals surface area (Å²) in [5, 5.41) is 7.33. The molecule has 6 nitrogen and oxygen atoms in total. The van der Waals surface area contributed by atoms with E-state index >= 15 is 0 Å². The summed E-state index contributed by atoms with van der Waals surface area (Å²) in [7, 11) is 1.67. The maximum Gasteiger partial charge on any atom is 0.211 e. The van der Waals surface area contributed by atoms with Crippen LogP contribution >= 0.6 is 0 Å². The number of aryl methyl sites for hydroxylation is 1. The highest BCUT2D eigenvalue weighted by molar-refractivity contribution is 5.76. The number of hydrogen-bond donors (Lipinski definition) is 2. The van der Waals surface area contributed by atoms with Crippen molar-refractivity contribution in [2.45, 2.75) is 12.8 Å². The molecule has 0 aliphatic carbocycles. The molecule has 0 unspecified atom stereocenters. The molecule has 2 aromatic rings. The van der Waals surface area contributed by atoms with Gasteiger partial charge in [-0.1, -0.05) is 18.2 Å². The summed E-state index contributed by atoms with van der Waals surface area (Å²) in [4.78, 5) is 0. The third-order valence-corrected chi connectivity index (χ3v) is 2.94. The molecule has 0 aliphatic heterocycles. The van der Waals surface area contributed by atoms with E-state index in [9.17, 15) is 0 Å². The number of hydrogen-bond acceptors (Lipinski definition) is 3. The normalized spacial score (nSPS) is 10.7. The Labute approximate surface area is 123 Å². The zero-order valence-corrected chi connectivity index (χ0v) is 11.9. The van der Waals surface area contributed by atoms with Gasteiger partial charge in [0.2, 0.25) is 5.96 Å². The van der Waals surface area contributed by atoms with Crippen LogP contribution in [-0.4, -0.2) is 23.9 Å². The number of para-hydroxylation sites is 1. The largest absolute Gasteiger partial charge is 0.495 e. The van der Waals surface area contributed by atoms with Crippen LogP contribution in [0.1, 0.15) is 12.0 Å². The number of benzene rings is 1. The molecule has 0 atom stereocenters. The van der Waals surface area contributed by atoms with Gasteiger partial charge in [-0.3, -0.25) is 0 Å². The highest BCUT2D eigenvalue weighted by Gasteiger charge is 2.07. The Morgan fingerprint density at radius 1 is 1.24 bits per heavy atom. The van der Waals surface area contributed by atoms with E-state index in [4.69, 9.17) is 16.2 Å². The van der Waals surface area contributed by atoms with Crippen molar-refractivity contribution in [1.82, 2.24) is 4.57 Å². The first kappa shape index (κ1) is 14.6. The van der Waals surface area contributed by atoms with Crippen molar-refractivity contribution < 1.29 is 4.74 Å². The minimum absolute atomic E-state index is 0.0425. The highest BCUT2D eigenvalue weighted by Crippen LogP contribution is 2.23. The van der Waals surface area contributed by atoms with Crippen LogP contribution in [-0.2, 0) is 6.42 Å². The van der Waals surface area contributed by atoms with E-state index in [-0.39, 0.29) is 5.96 Å². The number of nitrogens with two attached hydrogens (primary N) is 2. The molecule has 0 radical (unpaired) electrons. The van der Waals surface area contributed by atoms with Crippen LogP contribution < -0.4 is 16.2 Å². The Hall–Kier alpha value is -2.76. The Morgan fingerprint density at radius 2 is 2.00 bits per heavy atom. The quantitative estimate of drug-likeness (QED) is 0.480. The first-order valence-corrected chi connectivity index (χ1v) is 6.61. The van der Waals surface area contributed by atoms with Gasteiger partial charge in [0, 0.05) is 23.7 Å². The first-order valence-electron chi connectivity index (χ1n) is 6.61. The summed E-state index contributed by atoms with van der Waals surface area (Å²) < 4.78 is 7.45. The van der Waals surface area contributed by atoms with Crippen LogP contribution in [0.5, 0.6) is 5.75 Å². The smallest absolute Gasteiger partial charge is 0.211 e. The molecule has 110 valence electrons. The molecule has 21 heavy (non-hydrogen) atoms. The molecule has 4 N–H and O–H groups in total. The van der Waals surface area contributed by atoms with Crippen LogP contribution in [0.2, 0.25) is 0 Å². The van der Waals surface area contributed by atoms with E-state index in [0.29, 0.717) is 0 Å². The number of nitrogens with zero attached hydrogens (tertiary/aromatic N) is 3. The van der Waals surface area contributed by atoms with Gasteiger partial charge in [0.1, 0.15) is 5.75 Å². The van der Waals surface area contributed by atoms with Gasteiger partial charge in [-0.05, 0) is 25.0 Å². The third-order valence-electron chi connectivity index (χ3n) is 2.94. The van der Waals surface area contributed by atoms with Crippen molar-refractivity contribution >= 4 is 12.2 Å². The molecule has 1 aromatic carbocycles. The van der Waals surface area contributed by atoms with E-state index in [2.05, 4.69) is 16.4 Å². The van der Waals surface area contributed by atoms with Gasteiger partial charge in [0.15, 0.2) is 0 Å². The summed E-state index contributed by atoms with van der Waals surface area (Å²) in [6.07, 6.45) is 7.23. The predicted octanol–water partition coefficient (Wildman–Crippen LogP) is 1.68.